The highest BCUT2D eigenvalue weighted by Crippen LogP contribution is 2.35. The molecule has 2 rings (SSSR count). The molecule has 1 aromatic rings. The molecule has 0 radical (unpaired) electrons. The predicted octanol–water partition coefficient (Wildman–Crippen LogP) is 2.05. The molecule has 0 saturated carbocycles. The van der Waals surface area contributed by atoms with E-state index in [1.807, 2.05) is 30.1 Å². The summed E-state index contributed by atoms with van der Waals surface area (Å²) in [6.07, 6.45) is 3.80. The molecule has 2 heterocycles. The Kier molecular flexibility index (Phi) is 4.65. The molecule has 116 valence electrons. The zero-order valence-corrected chi connectivity index (χ0v) is 13.6. The third-order valence-electron chi connectivity index (χ3n) is 3.62. The van der Waals surface area contributed by atoms with Crippen molar-refractivity contribution >= 4 is 17.5 Å². The number of aromatic nitrogens is 2. The molecule has 1 aromatic heterocycles. The molecule has 6 heteroatoms. The number of rotatable bonds is 4. The largest absolute Gasteiger partial charge is 0.380 e. The normalized spacial score (nSPS) is 18.2. The van der Waals surface area contributed by atoms with Crippen molar-refractivity contribution in [1.82, 2.24) is 14.9 Å². The molecule has 6 nitrogen and oxygen atoms in total. The van der Waals surface area contributed by atoms with E-state index < -0.39 is 0 Å². The highest BCUT2D eigenvalue weighted by atomic mass is 16.2. The van der Waals surface area contributed by atoms with Crippen molar-refractivity contribution in [3.8, 4) is 0 Å². The van der Waals surface area contributed by atoms with E-state index in [4.69, 9.17) is 4.98 Å². The van der Waals surface area contributed by atoms with Gasteiger partial charge in [-0.3, -0.25) is 4.79 Å². The molecule has 0 bridgehead atoms. The molecule has 1 fully saturated rings. The van der Waals surface area contributed by atoms with Gasteiger partial charge in [-0.05, 0) is 26.7 Å². The van der Waals surface area contributed by atoms with Gasteiger partial charge in [-0.1, -0.05) is 0 Å². The Morgan fingerprint density at radius 1 is 1.48 bits per heavy atom. The van der Waals surface area contributed by atoms with Gasteiger partial charge in [0.25, 0.3) is 0 Å². The van der Waals surface area contributed by atoms with Crippen LogP contribution in [0, 0.1) is 0 Å². The van der Waals surface area contributed by atoms with E-state index in [2.05, 4.69) is 24.1 Å². The van der Waals surface area contributed by atoms with Crippen LogP contribution >= 0.6 is 0 Å². The summed E-state index contributed by atoms with van der Waals surface area (Å²) in [7, 11) is 3.85. The molecule has 1 amide bonds. The third kappa shape index (κ3) is 3.43. The second-order valence-electron chi connectivity index (χ2n) is 6.03. The minimum absolute atomic E-state index is 0.0467. The van der Waals surface area contributed by atoms with Gasteiger partial charge in [0.05, 0.1) is 23.6 Å². The number of carbonyl (C=O) groups excluding carboxylic acids is 1. The second-order valence-corrected chi connectivity index (χ2v) is 6.03. The predicted molar refractivity (Wildman–Crippen MR) is 84.5 cm³/mol. The van der Waals surface area contributed by atoms with E-state index in [9.17, 15) is 4.79 Å². The number of amides is 1. The standard InChI is InChI=1S/C15H25N5O/c1-10(2)17-12-9-16-15(19(4)5)18-14(12)13-7-6-8-20(13)11(3)21/h9-10,13,17H,6-8H2,1-5H3/t13-/m0/s1. The van der Waals surface area contributed by atoms with Gasteiger partial charge in [-0.15, -0.1) is 0 Å². The molecule has 0 aromatic carbocycles. The van der Waals surface area contributed by atoms with Crippen LogP contribution in [0.4, 0.5) is 11.6 Å². The van der Waals surface area contributed by atoms with Crippen LogP contribution in [0.5, 0.6) is 0 Å². The lowest BCUT2D eigenvalue weighted by atomic mass is 10.1. The zero-order valence-electron chi connectivity index (χ0n) is 13.6. The second kappa shape index (κ2) is 6.28. The minimum Gasteiger partial charge on any atom is -0.380 e. The van der Waals surface area contributed by atoms with Gasteiger partial charge in [-0.25, -0.2) is 9.97 Å². The zero-order chi connectivity index (χ0) is 15.6. The Labute approximate surface area is 126 Å². The summed E-state index contributed by atoms with van der Waals surface area (Å²) in [5, 5.41) is 3.39. The maximum absolute atomic E-state index is 11.8. The summed E-state index contributed by atoms with van der Waals surface area (Å²) < 4.78 is 0. The molecule has 1 saturated heterocycles. The number of anilines is 2. The van der Waals surface area contributed by atoms with Gasteiger partial charge in [0.1, 0.15) is 0 Å². The summed E-state index contributed by atoms with van der Waals surface area (Å²) in [4.78, 5) is 24.7. The van der Waals surface area contributed by atoms with Crippen LogP contribution < -0.4 is 10.2 Å². The van der Waals surface area contributed by atoms with Gasteiger partial charge in [-0.2, -0.15) is 0 Å². The van der Waals surface area contributed by atoms with E-state index in [0.29, 0.717) is 12.0 Å². The summed E-state index contributed by atoms with van der Waals surface area (Å²) in [6, 6.07) is 0.343. The van der Waals surface area contributed by atoms with Gasteiger partial charge in [0.2, 0.25) is 11.9 Å². The first-order valence-electron chi connectivity index (χ1n) is 7.48. The first-order chi connectivity index (χ1) is 9.90. The fourth-order valence-corrected chi connectivity index (χ4v) is 2.70. The average Bonchev–Trinajstić information content (AvgIpc) is 2.87. The first kappa shape index (κ1) is 15.5. The van der Waals surface area contributed by atoms with Crippen molar-refractivity contribution in [3.05, 3.63) is 11.9 Å². The highest BCUT2D eigenvalue weighted by molar-refractivity contribution is 5.74. The van der Waals surface area contributed by atoms with E-state index in [-0.39, 0.29) is 11.9 Å². The van der Waals surface area contributed by atoms with E-state index in [1.54, 1.807) is 6.92 Å². The molecule has 0 spiro atoms. The highest BCUT2D eigenvalue weighted by Gasteiger charge is 2.31. The number of hydrogen-bond donors (Lipinski definition) is 1. The topological polar surface area (TPSA) is 61.4 Å². The Bertz CT molecular complexity index is 515. The van der Waals surface area contributed by atoms with Crippen molar-refractivity contribution in [1.29, 1.82) is 0 Å². The van der Waals surface area contributed by atoms with Crippen LogP contribution in [0.1, 0.15) is 45.3 Å². The number of nitrogens with zero attached hydrogens (tertiary/aromatic N) is 4. The third-order valence-corrected chi connectivity index (χ3v) is 3.62. The number of likely N-dealkylation sites (tertiary alicyclic amines) is 1. The van der Waals surface area contributed by atoms with Crippen LogP contribution in [0.3, 0.4) is 0 Å². The molecular formula is C15H25N5O. The van der Waals surface area contributed by atoms with E-state index in [1.165, 1.54) is 0 Å². The van der Waals surface area contributed by atoms with Gasteiger partial charge >= 0.3 is 0 Å². The molecule has 1 N–H and O–H groups in total. The van der Waals surface area contributed by atoms with E-state index >= 15 is 0 Å². The van der Waals surface area contributed by atoms with Crippen molar-refractivity contribution in [2.75, 3.05) is 30.9 Å². The summed E-state index contributed by atoms with van der Waals surface area (Å²) >= 11 is 0. The number of carbonyl (C=O) groups is 1. The fourth-order valence-electron chi connectivity index (χ4n) is 2.70. The Morgan fingerprint density at radius 2 is 2.19 bits per heavy atom. The SMILES string of the molecule is CC(=O)N1CCC[C@H]1c1nc(N(C)C)ncc1NC(C)C. The van der Waals surface area contributed by atoms with Crippen LogP contribution in [0.25, 0.3) is 0 Å². The van der Waals surface area contributed by atoms with Gasteiger partial charge in [0, 0.05) is 33.6 Å². The molecule has 0 unspecified atom stereocenters. The molecule has 0 aliphatic carbocycles. The summed E-state index contributed by atoms with van der Waals surface area (Å²) in [5.74, 6) is 0.785. The minimum atomic E-state index is 0.0467. The van der Waals surface area contributed by atoms with Crippen LogP contribution in [-0.2, 0) is 4.79 Å². The van der Waals surface area contributed by atoms with Gasteiger partial charge < -0.3 is 15.1 Å². The van der Waals surface area contributed by atoms with Crippen LogP contribution in [0.2, 0.25) is 0 Å². The molecular weight excluding hydrogens is 266 g/mol. The van der Waals surface area contributed by atoms with Crippen molar-refractivity contribution < 1.29 is 4.79 Å². The van der Waals surface area contributed by atoms with Crippen molar-refractivity contribution in [3.63, 3.8) is 0 Å². The summed E-state index contributed by atoms with van der Waals surface area (Å²) in [6.45, 7) is 6.60. The van der Waals surface area contributed by atoms with Crippen LogP contribution in [0.15, 0.2) is 6.20 Å². The Balaban J connectivity index is 2.42. The monoisotopic (exact) mass is 291 g/mol. The maximum Gasteiger partial charge on any atom is 0.225 e. The van der Waals surface area contributed by atoms with E-state index in [0.717, 1.165) is 30.8 Å². The lowest BCUT2D eigenvalue weighted by Gasteiger charge is -2.26. The number of hydrogen-bond acceptors (Lipinski definition) is 5. The maximum atomic E-state index is 11.8. The molecule has 1 atom stereocenters. The van der Waals surface area contributed by atoms with Crippen LogP contribution in [-0.4, -0.2) is 47.5 Å². The molecule has 1 aliphatic rings. The number of nitrogens with one attached hydrogen (secondary N) is 1. The molecule has 1 aliphatic heterocycles. The lowest BCUT2D eigenvalue weighted by Crippen LogP contribution is -2.30. The smallest absolute Gasteiger partial charge is 0.225 e. The Hall–Kier alpha value is -1.85. The van der Waals surface area contributed by atoms with Crippen molar-refractivity contribution in [2.24, 2.45) is 0 Å². The molecule has 21 heavy (non-hydrogen) atoms. The van der Waals surface area contributed by atoms with Gasteiger partial charge in [0.15, 0.2) is 0 Å². The summed E-state index contributed by atoms with van der Waals surface area (Å²) in [5.41, 5.74) is 1.85. The van der Waals surface area contributed by atoms with Crippen molar-refractivity contribution in [2.45, 2.75) is 45.7 Å². The average molecular weight is 291 g/mol. The fraction of sp³-hybridized carbons (Fsp3) is 0.667. The first-order valence-corrected chi connectivity index (χ1v) is 7.48. The quantitative estimate of drug-likeness (QED) is 0.920. The lowest BCUT2D eigenvalue weighted by molar-refractivity contribution is -0.129. The Morgan fingerprint density at radius 3 is 2.76 bits per heavy atom.